The van der Waals surface area contributed by atoms with Gasteiger partial charge in [-0.05, 0) is 49.2 Å². The lowest BCUT2D eigenvalue weighted by molar-refractivity contribution is -0.114. The molecule has 0 spiro atoms. The van der Waals surface area contributed by atoms with Crippen molar-refractivity contribution in [3.63, 3.8) is 0 Å². The highest BCUT2D eigenvalue weighted by molar-refractivity contribution is 8.27. The highest BCUT2D eigenvalue weighted by Gasteiger charge is 2.38. The quantitative estimate of drug-likeness (QED) is 0.451. The van der Waals surface area contributed by atoms with E-state index in [0.29, 0.717) is 11.1 Å². The maximum Gasteiger partial charge on any atom is 0.283 e. The molecule has 1 aromatic heterocycles. The minimum Gasteiger partial charge on any atom is -0.342 e. The molecule has 35 heavy (non-hydrogen) atoms. The molecular formula is C28H27N5OS. The predicted octanol–water partition coefficient (Wildman–Crippen LogP) is 6.20. The van der Waals surface area contributed by atoms with Crippen LogP contribution in [0, 0.1) is 18.3 Å². The molecule has 1 fully saturated rings. The minimum absolute atomic E-state index is 0.105. The summed E-state index contributed by atoms with van der Waals surface area (Å²) < 4.78 is 2.20. The Morgan fingerprint density at radius 2 is 1.86 bits per heavy atom. The summed E-state index contributed by atoms with van der Waals surface area (Å²) in [5, 5.41) is 17.6. The van der Waals surface area contributed by atoms with Crippen LogP contribution in [0.1, 0.15) is 48.8 Å². The number of benzene rings is 2. The van der Waals surface area contributed by atoms with E-state index in [1.807, 2.05) is 12.1 Å². The fraction of sp³-hybridized carbons (Fsp3) is 0.286. The minimum atomic E-state index is -0.371. The number of carbonyl (C=O) groups is 1. The number of hydrogen-bond acceptors (Lipinski definition) is 4. The number of para-hydroxylation sites is 1. The standard InChI is InChI=1S/C28H27N5OS/c1-18-11-13-19(14-12-18)16-32-17-21(22-9-5-6-10-24(22)32)15-23-25(29)33-28(30-26(23)34)35-27(31-33)20-7-3-2-4-8-20/h5-6,9-15,17,20,29H,2-4,7-8,16H2,1H3/b23-15-,29-25?. The zero-order valence-corrected chi connectivity index (χ0v) is 20.5. The summed E-state index contributed by atoms with van der Waals surface area (Å²) in [6, 6.07) is 16.7. The van der Waals surface area contributed by atoms with Gasteiger partial charge in [-0.1, -0.05) is 67.3 Å². The lowest BCUT2D eigenvalue weighted by atomic mass is 9.90. The highest BCUT2D eigenvalue weighted by atomic mass is 32.2. The van der Waals surface area contributed by atoms with Gasteiger partial charge in [-0.15, -0.1) is 0 Å². The Morgan fingerprint density at radius 3 is 2.66 bits per heavy atom. The molecule has 7 heteroatoms. The van der Waals surface area contributed by atoms with Crippen LogP contribution in [0.4, 0.5) is 0 Å². The number of hydrazone groups is 1. The Kier molecular flexibility index (Phi) is 5.65. The van der Waals surface area contributed by atoms with Gasteiger partial charge < -0.3 is 4.57 Å². The first-order chi connectivity index (χ1) is 17.1. The van der Waals surface area contributed by atoms with Crippen molar-refractivity contribution >= 4 is 50.7 Å². The van der Waals surface area contributed by atoms with Crippen LogP contribution in [0.15, 0.2) is 70.4 Å². The average Bonchev–Trinajstić information content (AvgIpc) is 3.46. The van der Waals surface area contributed by atoms with Gasteiger partial charge in [-0.2, -0.15) is 15.1 Å². The summed E-state index contributed by atoms with van der Waals surface area (Å²) in [6.07, 6.45) is 9.81. The van der Waals surface area contributed by atoms with Crippen LogP contribution in [-0.4, -0.2) is 31.5 Å². The smallest absolute Gasteiger partial charge is 0.283 e. The summed E-state index contributed by atoms with van der Waals surface area (Å²) in [5.41, 5.74) is 4.72. The molecule has 1 saturated carbocycles. The van der Waals surface area contributed by atoms with Crippen LogP contribution in [0.3, 0.4) is 0 Å². The zero-order valence-electron chi connectivity index (χ0n) is 19.7. The topological polar surface area (TPSA) is 73.8 Å². The Balaban J connectivity index is 1.34. The predicted molar refractivity (Wildman–Crippen MR) is 144 cm³/mol. The molecule has 1 N–H and O–H groups in total. The van der Waals surface area contributed by atoms with Crippen molar-refractivity contribution in [2.24, 2.45) is 16.0 Å². The van der Waals surface area contributed by atoms with Crippen molar-refractivity contribution in [2.45, 2.75) is 45.6 Å². The van der Waals surface area contributed by atoms with E-state index in [1.165, 1.54) is 42.2 Å². The number of aryl methyl sites for hydroxylation is 1. The van der Waals surface area contributed by atoms with Crippen molar-refractivity contribution in [3.05, 3.63) is 77.0 Å². The Labute approximate surface area is 208 Å². The first kappa shape index (κ1) is 22.0. The molecule has 1 aliphatic carbocycles. The van der Waals surface area contributed by atoms with Gasteiger partial charge >= 0.3 is 0 Å². The molecular weight excluding hydrogens is 454 g/mol. The van der Waals surface area contributed by atoms with Crippen LogP contribution < -0.4 is 0 Å². The molecule has 0 atom stereocenters. The number of thioether (sulfide) groups is 1. The number of rotatable bonds is 4. The molecule has 0 saturated heterocycles. The average molecular weight is 482 g/mol. The second kappa shape index (κ2) is 8.96. The second-order valence-electron chi connectivity index (χ2n) is 9.51. The molecule has 6 rings (SSSR count). The number of hydrogen-bond donors (Lipinski definition) is 1. The van der Waals surface area contributed by atoms with Crippen LogP contribution in [0.25, 0.3) is 17.0 Å². The van der Waals surface area contributed by atoms with E-state index in [-0.39, 0.29) is 17.3 Å². The van der Waals surface area contributed by atoms with Crippen molar-refractivity contribution < 1.29 is 4.79 Å². The molecule has 1 amide bonds. The molecule has 2 aliphatic heterocycles. The van der Waals surface area contributed by atoms with Gasteiger partial charge in [-0.25, -0.2) is 0 Å². The van der Waals surface area contributed by atoms with Gasteiger partial charge in [0.2, 0.25) is 5.17 Å². The lowest BCUT2D eigenvalue weighted by Crippen LogP contribution is -2.35. The van der Waals surface area contributed by atoms with E-state index in [1.54, 1.807) is 11.1 Å². The van der Waals surface area contributed by atoms with E-state index in [4.69, 9.17) is 10.5 Å². The first-order valence-electron chi connectivity index (χ1n) is 12.2. The Hall–Kier alpha value is -3.45. The number of nitrogens with one attached hydrogen (secondary N) is 1. The summed E-state index contributed by atoms with van der Waals surface area (Å²) in [5.74, 6) is 0.148. The molecule has 3 aliphatic rings. The number of nitrogens with zero attached hydrogens (tertiary/aromatic N) is 4. The number of aliphatic imine (C=N–C) groups is 1. The number of fused-ring (bicyclic) bond motifs is 2. The van der Waals surface area contributed by atoms with E-state index in [2.05, 4.69) is 59.1 Å². The van der Waals surface area contributed by atoms with Gasteiger partial charge in [0.1, 0.15) is 5.04 Å². The monoisotopic (exact) mass is 481 g/mol. The highest BCUT2D eigenvalue weighted by Crippen LogP contribution is 2.36. The van der Waals surface area contributed by atoms with Crippen molar-refractivity contribution in [2.75, 3.05) is 0 Å². The molecule has 6 nitrogen and oxygen atoms in total. The summed E-state index contributed by atoms with van der Waals surface area (Å²) in [4.78, 5) is 17.3. The molecule has 0 unspecified atom stereocenters. The molecule has 0 bridgehead atoms. The Bertz CT molecular complexity index is 1420. The SMILES string of the molecule is Cc1ccc(Cn2cc(/C=C3/C(=N)N4N=C(C5CCCCC5)SC4=NC3=O)c3ccccc32)cc1. The molecule has 3 heterocycles. The number of aromatic nitrogens is 1. The lowest BCUT2D eigenvalue weighted by Gasteiger charge is -2.20. The third-order valence-corrected chi connectivity index (χ3v) is 8.09. The first-order valence-corrected chi connectivity index (χ1v) is 13.0. The maximum atomic E-state index is 13.0. The van der Waals surface area contributed by atoms with Gasteiger partial charge in [-0.3, -0.25) is 10.2 Å². The van der Waals surface area contributed by atoms with Gasteiger partial charge in [0.25, 0.3) is 5.91 Å². The molecule has 176 valence electrons. The third-order valence-electron chi connectivity index (χ3n) is 7.02. The summed E-state index contributed by atoms with van der Waals surface area (Å²) >= 11 is 1.46. The van der Waals surface area contributed by atoms with E-state index < -0.39 is 0 Å². The van der Waals surface area contributed by atoms with Gasteiger partial charge in [0.15, 0.2) is 5.84 Å². The molecule has 3 aromatic rings. The fourth-order valence-electron chi connectivity index (χ4n) is 5.09. The van der Waals surface area contributed by atoms with Crippen LogP contribution in [-0.2, 0) is 11.3 Å². The van der Waals surface area contributed by atoms with Crippen LogP contribution in [0.2, 0.25) is 0 Å². The van der Waals surface area contributed by atoms with E-state index in [0.717, 1.165) is 40.9 Å². The van der Waals surface area contributed by atoms with Crippen molar-refractivity contribution in [1.29, 1.82) is 5.41 Å². The Morgan fingerprint density at radius 1 is 1.09 bits per heavy atom. The van der Waals surface area contributed by atoms with Crippen molar-refractivity contribution in [1.82, 2.24) is 9.58 Å². The van der Waals surface area contributed by atoms with E-state index in [9.17, 15) is 4.79 Å². The van der Waals surface area contributed by atoms with Gasteiger partial charge in [0, 0.05) is 35.1 Å². The van der Waals surface area contributed by atoms with Gasteiger partial charge in [0.05, 0.1) is 5.57 Å². The number of amidine groups is 2. The number of carbonyl (C=O) groups excluding carboxylic acids is 1. The maximum absolute atomic E-state index is 13.0. The summed E-state index contributed by atoms with van der Waals surface area (Å²) in [7, 11) is 0. The fourth-order valence-corrected chi connectivity index (χ4v) is 6.15. The number of amides is 1. The molecule has 2 aromatic carbocycles. The van der Waals surface area contributed by atoms with Crippen LogP contribution >= 0.6 is 11.8 Å². The largest absolute Gasteiger partial charge is 0.342 e. The molecule has 0 radical (unpaired) electrons. The van der Waals surface area contributed by atoms with Crippen LogP contribution in [0.5, 0.6) is 0 Å². The van der Waals surface area contributed by atoms with Crippen molar-refractivity contribution in [3.8, 4) is 0 Å². The second-order valence-corrected chi connectivity index (χ2v) is 10.5. The third kappa shape index (κ3) is 4.14. The van der Waals surface area contributed by atoms with E-state index >= 15 is 0 Å². The normalized spacial score (nSPS) is 19.9. The summed E-state index contributed by atoms with van der Waals surface area (Å²) in [6.45, 7) is 2.82. The zero-order chi connectivity index (χ0) is 23.9.